The molecule has 0 atom stereocenters. The third kappa shape index (κ3) is 3.44. The van der Waals surface area contributed by atoms with E-state index in [9.17, 15) is 22.0 Å². The molecule has 112 valence electrons. The molecular formula is C13H8BrF5N2. The summed E-state index contributed by atoms with van der Waals surface area (Å²) in [5.41, 5.74) is 3.41. The van der Waals surface area contributed by atoms with E-state index in [1.165, 1.54) is 6.07 Å². The zero-order valence-corrected chi connectivity index (χ0v) is 11.8. The Morgan fingerprint density at radius 1 is 1.00 bits per heavy atom. The van der Waals surface area contributed by atoms with Gasteiger partial charge in [-0.2, -0.15) is 13.2 Å². The summed E-state index contributed by atoms with van der Waals surface area (Å²) >= 11 is 2.80. The number of halogens is 6. The van der Waals surface area contributed by atoms with E-state index in [1.807, 2.05) is 0 Å². The van der Waals surface area contributed by atoms with Crippen LogP contribution >= 0.6 is 15.9 Å². The number of alkyl halides is 3. The monoisotopic (exact) mass is 366 g/mol. The molecule has 0 radical (unpaired) electrons. The number of nitrogens with two attached hydrogens (primary N) is 1. The van der Waals surface area contributed by atoms with Crippen molar-refractivity contribution in [3.05, 3.63) is 52.0 Å². The van der Waals surface area contributed by atoms with Crippen LogP contribution in [-0.2, 0) is 6.18 Å². The Kier molecular flexibility index (Phi) is 4.08. The van der Waals surface area contributed by atoms with Gasteiger partial charge in [-0.15, -0.1) is 0 Å². The summed E-state index contributed by atoms with van der Waals surface area (Å²) in [5.74, 6) is -1.56. The largest absolute Gasteiger partial charge is 0.418 e. The highest BCUT2D eigenvalue weighted by atomic mass is 79.9. The van der Waals surface area contributed by atoms with Gasteiger partial charge in [0.1, 0.15) is 11.6 Å². The lowest BCUT2D eigenvalue weighted by molar-refractivity contribution is -0.136. The zero-order chi connectivity index (χ0) is 15.8. The van der Waals surface area contributed by atoms with Crippen LogP contribution in [0, 0.1) is 11.6 Å². The van der Waals surface area contributed by atoms with Crippen LogP contribution in [0.3, 0.4) is 0 Å². The van der Waals surface area contributed by atoms with Gasteiger partial charge in [-0.25, -0.2) is 8.78 Å². The third-order valence-electron chi connectivity index (χ3n) is 2.65. The predicted molar refractivity (Wildman–Crippen MR) is 73.2 cm³/mol. The van der Waals surface area contributed by atoms with Crippen LogP contribution in [-0.4, -0.2) is 0 Å². The highest BCUT2D eigenvalue weighted by Crippen LogP contribution is 2.36. The van der Waals surface area contributed by atoms with Gasteiger partial charge in [-0.1, -0.05) is 0 Å². The molecule has 2 rings (SSSR count). The summed E-state index contributed by atoms with van der Waals surface area (Å²) in [6.45, 7) is 0. The van der Waals surface area contributed by atoms with E-state index in [0.29, 0.717) is 0 Å². The molecule has 21 heavy (non-hydrogen) atoms. The Hall–Kier alpha value is -1.83. The maximum Gasteiger partial charge on any atom is 0.418 e. The van der Waals surface area contributed by atoms with Crippen molar-refractivity contribution in [2.75, 3.05) is 11.1 Å². The fraction of sp³-hybridized carbons (Fsp3) is 0.0769. The molecule has 0 aliphatic rings. The highest BCUT2D eigenvalue weighted by molar-refractivity contribution is 9.10. The predicted octanol–water partition coefficient (Wildman–Crippen LogP) is 5.07. The van der Waals surface area contributed by atoms with Crippen molar-refractivity contribution in [2.45, 2.75) is 6.18 Å². The molecule has 0 saturated heterocycles. The van der Waals surface area contributed by atoms with Gasteiger partial charge in [0.25, 0.3) is 0 Å². The number of anilines is 3. The maximum atomic E-state index is 13.6. The van der Waals surface area contributed by atoms with Gasteiger partial charge >= 0.3 is 6.18 Å². The number of benzene rings is 2. The van der Waals surface area contributed by atoms with Gasteiger partial charge in [0.2, 0.25) is 0 Å². The molecule has 0 spiro atoms. The van der Waals surface area contributed by atoms with E-state index < -0.39 is 29.1 Å². The molecule has 0 saturated carbocycles. The lowest BCUT2D eigenvalue weighted by Crippen LogP contribution is -2.09. The molecule has 0 fully saturated rings. The van der Waals surface area contributed by atoms with Crippen LogP contribution in [0.2, 0.25) is 0 Å². The third-order valence-corrected chi connectivity index (χ3v) is 3.26. The second kappa shape index (κ2) is 5.51. The van der Waals surface area contributed by atoms with Crippen LogP contribution in [0.1, 0.15) is 5.56 Å². The summed E-state index contributed by atoms with van der Waals surface area (Å²) < 4.78 is 65.0. The first kappa shape index (κ1) is 15.6. The molecule has 8 heteroatoms. The zero-order valence-electron chi connectivity index (χ0n) is 10.2. The van der Waals surface area contributed by atoms with Crippen LogP contribution in [0.25, 0.3) is 0 Å². The molecule has 0 aromatic heterocycles. The number of hydrogen-bond donors (Lipinski definition) is 2. The normalized spacial score (nSPS) is 11.5. The van der Waals surface area contributed by atoms with Gasteiger partial charge in [0.05, 0.1) is 15.7 Å². The first-order valence-electron chi connectivity index (χ1n) is 5.57. The smallest absolute Gasteiger partial charge is 0.398 e. The highest BCUT2D eigenvalue weighted by Gasteiger charge is 2.33. The van der Waals surface area contributed by atoms with Gasteiger partial charge in [-0.3, -0.25) is 0 Å². The summed E-state index contributed by atoms with van der Waals surface area (Å²) in [6, 6.07) is 4.72. The van der Waals surface area contributed by atoms with Crippen molar-refractivity contribution < 1.29 is 22.0 Å². The number of rotatable bonds is 2. The molecule has 0 aliphatic carbocycles. The van der Waals surface area contributed by atoms with Crippen molar-refractivity contribution in [2.24, 2.45) is 0 Å². The fourth-order valence-electron chi connectivity index (χ4n) is 1.65. The van der Waals surface area contributed by atoms with Crippen molar-refractivity contribution in [3.63, 3.8) is 0 Å². The van der Waals surface area contributed by atoms with E-state index in [1.54, 1.807) is 0 Å². The molecule has 2 nitrogen and oxygen atoms in total. The minimum Gasteiger partial charge on any atom is -0.398 e. The lowest BCUT2D eigenvalue weighted by Gasteiger charge is -2.13. The quantitative estimate of drug-likeness (QED) is 0.442. The minimum absolute atomic E-state index is 0.0582. The van der Waals surface area contributed by atoms with Crippen LogP contribution in [0.15, 0.2) is 34.8 Å². The summed E-state index contributed by atoms with van der Waals surface area (Å²) in [7, 11) is 0. The number of hydrogen-bond acceptors (Lipinski definition) is 2. The maximum absolute atomic E-state index is 13.6. The minimum atomic E-state index is -4.63. The average molecular weight is 367 g/mol. The van der Waals surface area contributed by atoms with Crippen LogP contribution in [0.5, 0.6) is 0 Å². The Morgan fingerprint density at radius 2 is 1.67 bits per heavy atom. The SMILES string of the molecule is Nc1ccc(Nc2cc(F)c(Br)cc2F)cc1C(F)(F)F. The van der Waals surface area contributed by atoms with Crippen LogP contribution < -0.4 is 11.1 Å². The number of nitrogens with one attached hydrogen (secondary N) is 1. The standard InChI is InChI=1S/C13H8BrF5N2/c14-8-4-10(16)12(5-9(8)15)21-6-1-2-11(20)7(3-6)13(17,18)19/h1-5,21H,20H2. The first-order chi connectivity index (χ1) is 9.68. The van der Waals surface area contributed by atoms with Gasteiger partial charge in [0.15, 0.2) is 0 Å². The summed E-state index contributed by atoms with van der Waals surface area (Å²) in [4.78, 5) is 0. The first-order valence-corrected chi connectivity index (χ1v) is 6.36. The van der Waals surface area contributed by atoms with E-state index in [4.69, 9.17) is 5.73 Å². The van der Waals surface area contributed by atoms with Crippen molar-refractivity contribution in [1.29, 1.82) is 0 Å². The van der Waals surface area contributed by atoms with E-state index in [0.717, 1.165) is 24.3 Å². The van der Waals surface area contributed by atoms with E-state index >= 15 is 0 Å². The molecule has 3 N–H and O–H groups in total. The Morgan fingerprint density at radius 3 is 2.29 bits per heavy atom. The van der Waals surface area contributed by atoms with Gasteiger partial charge in [-0.05, 0) is 40.2 Å². The molecular weight excluding hydrogens is 359 g/mol. The van der Waals surface area contributed by atoms with Crippen molar-refractivity contribution >= 4 is 33.0 Å². The lowest BCUT2D eigenvalue weighted by atomic mass is 10.1. The fourth-order valence-corrected chi connectivity index (χ4v) is 1.97. The van der Waals surface area contributed by atoms with Gasteiger partial charge in [0, 0.05) is 17.4 Å². The summed E-state index contributed by atoms with van der Waals surface area (Å²) in [6.07, 6.45) is -4.63. The molecule has 0 bridgehead atoms. The Bertz CT molecular complexity index is 685. The van der Waals surface area contributed by atoms with Crippen LogP contribution in [0.4, 0.5) is 39.0 Å². The topological polar surface area (TPSA) is 38.0 Å². The van der Waals surface area contributed by atoms with Crippen molar-refractivity contribution in [1.82, 2.24) is 0 Å². The molecule has 0 amide bonds. The molecule has 2 aromatic carbocycles. The van der Waals surface area contributed by atoms with Crippen molar-refractivity contribution in [3.8, 4) is 0 Å². The Labute approximate surface area is 124 Å². The van der Waals surface area contributed by atoms with E-state index in [-0.39, 0.29) is 15.8 Å². The molecule has 0 heterocycles. The molecule has 2 aromatic rings. The number of nitrogen functional groups attached to an aromatic ring is 1. The molecule has 0 aliphatic heterocycles. The van der Waals surface area contributed by atoms with Gasteiger partial charge < -0.3 is 11.1 Å². The summed E-state index contributed by atoms with van der Waals surface area (Å²) in [5, 5.41) is 2.39. The Balaban J connectivity index is 2.39. The second-order valence-electron chi connectivity index (χ2n) is 4.17. The second-order valence-corrected chi connectivity index (χ2v) is 5.03. The average Bonchev–Trinajstić information content (AvgIpc) is 2.37. The van der Waals surface area contributed by atoms with E-state index in [2.05, 4.69) is 21.2 Å². The molecule has 0 unspecified atom stereocenters.